The van der Waals surface area contributed by atoms with Crippen molar-refractivity contribution in [3.63, 3.8) is 0 Å². The molecule has 7 nitrogen and oxygen atoms in total. The van der Waals surface area contributed by atoms with Crippen LogP contribution in [0.1, 0.15) is 30.8 Å². The Morgan fingerprint density at radius 2 is 2.17 bits per heavy atom. The Morgan fingerprint density at radius 1 is 1.44 bits per heavy atom. The lowest BCUT2D eigenvalue weighted by atomic mass is 10.2. The maximum absolute atomic E-state index is 11.6. The van der Waals surface area contributed by atoms with Crippen LogP contribution in [0.25, 0.3) is 0 Å². The predicted molar refractivity (Wildman–Crippen MR) is 67.8 cm³/mol. The normalized spacial score (nSPS) is 10.4. The van der Waals surface area contributed by atoms with Crippen molar-refractivity contribution in [2.24, 2.45) is 5.92 Å². The van der Waals surface area contributed by atoms with Crippen molar-refractivity contribution in [3.05, 3.63) is 11.9 Å². The minimum absolute atomic E-state index is 0.0819. The highest BCUT2D eigenvalue weighted by Crippen LogP contribution is 2.04. The maximum atomic E-state index is 11.6. The molecule has 0 bridgehead atoms. The van der Waals surface area contributed by atoms with E-state index in [0.717, 1.165) is 0 Å². The Hall–Kier alpha value is -2.05. The molecule has 2 amide bonds. The van der Waals surface area contributed by atoms with Crippen LogP contribution in [-0.2, 0) is 4.79 Å². The summed E-state index contributed by atoms with van der Waals surface area (Å²) in [5.41, 5.74) is 6.03. The van der Waals surface area contributed by atoms with Gasteiger partial charge in [-0.3, -0.25) is 14.7 Å². The van der Waals surface area contributed by atoms with Gasteiger partial charge in [-0.1, -0.05) is 13.8 Å². The van der Waals surface area contributed by atoms with Gasteiger partial charge in [0.1, 0.15) is 5.69 Å². The number of H-pyrrole nitrogens is 1. The second kappa shape index (κ2) is 6.63. The van der Waals surface area contributed by atoms with Gasteiger partial charge in [-0.2, -0.15) is 5.10 Å². The number of anilines is 1. The molecule has 0 radical (unpaired) electrons. The molecule has 0 saturated carbocycles. The average Bonchev–Trinajstić information content (AvgIpc) is 2.72. The Labute approximate surface area is 106 Å². The molecule has 1 aromatic heterocycles. The molecule has 1 aromatic rings. The number of aromatic nitrogens is 2. The van der Waals surface area contributed by atoms with Gasteiger partial charge >= 0.3 is 0 Å². The third-order valence-corrected chi connectivity index (χ3v) is 2.24. The first-order chi connectivity index (χ1) is 8.50. The lowest BCUT2D eigenvalue weighted by molar-refractivity contribution is -0.121. The number of carbonyl (C=O) groups excluding carboxylic acids is 2. The molecular weight excluding hydrogens is 234 g/mol. The second-order valence-electron chi connectivity index (χ2n) is 4.40. The largest absolute Gasteiger partial charge is 0.396 e. The van der Waals surface area contributed by atoms with Crippen LogP contribution < -0.4 is 16.4 Å². The lowest BCUT2D eigenvalue weighted by Crippen LogP contribution is -2.32. The van der Waals surface area contributed by atoms with Crippen molar-refractivity contribution in [2.75, 3.05) is 18.8 Å². The van der Waals surface area contributed by atoms with Crippen LogP contribution in [0, 0.1) is 5.92 Å². The van der Waals surface area contributed by atoms with E-state index in [0.29, 0.717) is 12.5 Å². The number of nitrogens with zero attached hydrogens (tertiary/aromatic N) is 1. The summed E-state index contributed by atoms with van der Waals surface area (Å²) in [4.78, 5) is 23.0. The van der Waals surface area contributed by atoms with E-state index in [1.165, 1.54) is 6.20 Å². The molecule has 0 saturated heterocycles. The number of hydrogen-bond acceptors (Lipinski definition) is 4. The van der Waals surface area contributed by atoms with Crippen LogP contribution in [0.4, 0.5) is 5.69 Å². The van der Waals surface area contributed by atoms with Crippen LogP contribution in [-0.4, -0.2) is 35.1 Å². The van der Waals surface area contributed by atoms with Crippen molar-refractivity contribution >= 4 is 17.5 Å². The first-order valence-electron chi connectivity index (χ1n) is 5.84. The molecule has 7 heteroatoms. The van der Waals surface area contributed by atoms with E-state index in [9.17, 15) is 9.59 Å². The fraction of sp³-hybridized carbons (Fsp3) is 0.545. The summed E-state index contributed by atoms with van der Waals surface area (Å²) in [7, 11) is 0. The number of amides is 2. The third-order valence-electron chi connectivity index (χ3n) is 2.24. The number of nitrogen functional groups attached to an aromatic ring is 1. The zero-order valence-corrected chi connectivity index (χ0v) is 10.6. The van der Waals surface area contributed by atoms with Gasteiger partial charge in [-0.15, -0.1) is 0 Å². The summed E-state index contributed by atoms with van der Waals surface area (Å²) < 4.78 is 0. The Kier molecular flexibility index (Phi) is 5.16. The smallest absolute Gasteiger partial charge is 0.271 e. The molecule has 18 heavy (non-hydrogen) atoms. The number of nitrogens with two attached hydrogens (primary N) is 1. The molecule has 5 N–H and O–H groups in total. The van der Waals surface area contributed by atoms with Gasteiger partial charge in [0.2, 0.25) is 5.91 Å². The van der Waals surface area contributed by atoms with Crippen molar-refractivity contribution < 1.29 is 9.59 Å². The SMILES string of the molecule is CC(C)CNC(=O)CCNC(=O)c1[nH]ncc1N. The van der Waals surface area contributed by atoms with E-state index in [4.69, 9.17) is 5.73 Å². The van der Waals surface area contributed by atoms with E-state index < -0.39 is 0 Å². The van der Waals surface area contributed by atoms with E-state index in [-0.39, 0.29) is 36.2 Å². The van der Waals surface area contributed by atoms with Gasteiger partial charge in [-0.05, 0) is 5.92 Å². The molecule has 100 valence electrons. The zero-order valence-electron chi connectivity index (χ0n) is 10.6. The predicted octanol–water partition coefficient (Wildman–Crippen LogP) is -0.116. The van der Waals surface area contributed by atoms with Crippen molar-refractivity contribution in [3.8, 4) is 0 Å². The topological polar surface area (TPSA) is 113 Å². The summed E-state index contributed by atoms with van der Waals surface area (Å²) >= 11 is 0. The Morgan fingerprint density at radius 3 is 2.72 bits per heavy atom. The molecule has 0 atom stereocenters. The molecule has 1 rings (SSSR count). The van der Waals surface area contributed by atoms with Gasteiger partial charge in [0, 0.05) is 19.5 Å². The monoisotopic (exact) mass is 253 g/mol. The highest BCUT2D eigenvalue weighted by atomic mass is 16.2. The number of hydrogen-bond donors (Lipinski definition) is 4. The minimum atomic E-state index is -0.360. The molecule has 0 aliphatic rings. The second-order valence-corrected chi connectivity index (χ2v) is 4.40. The first kappa shape index (κ1) is 14.0. The Balaban J connectivity index is 2.24. The molecule has 0 unspecified atom stereocenters. The average molecular weight is 253 g/mol. The Bertz CT molecular complexity index is 413. The molecule has 1 heterocycles. The van der Waals surface area contributed by atoms with Crippen molar-refractivity contribution in [1.82, 2.24) is 20.8 Å². The molecule has 0 aliphatic heterocycles. The summed E-state index contributed by atoms with van der Waals surface area (Å²) in [5, 5.41) is 11.5. The standard InChI is InChI=1S/C11H19N5O2/c1-7(2)5-14-9(17)3-4-13-11(18)10-8(12)6-15-16-10/h6-7H,3-5,12H2,1-2H3,(H,13,18)(H,14,17)(H,15,16). The zero-order chi connectivity index (χ0) is 13.5. The lowest BCUT2D eigenvalue weighted by Gasteiger charge is -2.08. The van der Waals surface area contributed by atoms with Crippen LogP contribution in [0.3, 0.4) is 0 Å². The number of nitrogens with one attached hydrogen (secondary N) is 3. The van der Waals surface area contributed by atoms with Gasteiger partial charge in [0.25, 0.3) is 5.91 Å². The fourth-order valence-corrected chi connectivity index (χ4v) is 1.26. The van der Waals surface area contributed by atoms with Crippen molar-refractivity contribution in [1.29, 1.82) is 0 Å². The summed E-state index contributed by atoms with van der Waals surface area (Å²) in [5.74, 6) is -0.0309. The minimum Gasteiger partial charge on any atom is -0.396 e. The molecule has 0 fully saturated rings. The van der Waals surface area contributed by atoms with Crippen LogP contribution in [0.15, 0.2) is 6.20 Å². The quantitative estimate of drug-likeness (QED) is 0.566. The summed E-state index contributed by atoms with van der Waals surface area (Å²) in [6.45, 7) is 4.94. The van der Waals surface area contributed by atoms with Crippen LogP contribution >= 0.6 is 0 Å². The van der Waals surface area contributed by atoms with Crippen LogP contribution in [0.5, 0.6) is 0 Å². The number of rotatable bonds is 6. The number of carbonyl (C=O) groups is 2. The van der Waals surface area contributed by atoms with Gasteiger partial charge in [-0.25, -0.2) is 0 Å². The number of aromatic amines is 1. The van der Waals surface area contributed by atoms with Gasteiger partial charge in [0.15, 0.2) is 0 Å². The van der Waals surface area contributed by atoms with E-state index in [1.54, 1.807) is 0 Å². The maximum Gasteiger partial charge on any atom is 0.271 e. The van der Waals surface area contributed by atoms with Crippen molar-refractivity contribution in [2.45, 2.75) is 20.3 Å². The summed E-state index contributed by atoms with van der Waals surface area (Å²) in [6, 6.07) is 0. The molecular formula is C11H19N5O2. The highest BCUT2D eigenvalue weighted by Gasteiger charge is 2.11. The molecule has 0 aromatic carbocycles. The van der Waals surface area contributed by atoms with Gasteiger partial charge in [0.05, 0.1) is 11.9 Å². The van der Waals surface area contributed by atoms with Crippen LogP contribution in [0.2, 0.25) is 0 Å². The fourth-order valence-electron chi connectivity index (χ4n) is 1.26. The van der Waals surface area contributed by atoms with Gasteiger partial charge < -0.3 is 16.4 Å². The van der Waals surface area contributed by atoms with E-state index >= 15 is 0 Å². The first-order valence-corrected chi connectivity index (χ1v) is 5.84. The molecule has 0 aliphatic carbocycles. The highest BCUT2D eigenvalue weighted by molar-refractivity contribution is 5.97. The third kappa shape index (κ3) is 4.44. The van der Waals surface area contributed by atoms with E-state index in [2.05, 4.69) is 20.8 Å². The molecule has 0 spiro atoms. The van der Waals surface area contributed by atoms with E-state index in [1.807, 2.05) is 13.8 Å². The summed E-state index contributed by atoms with van der Waals surface area (Å²) in [6.07, 6.45) is 1.61.